The van der Waals surface area contributed by atoms with E-state index in [9.17, 15) is 9.59 Å². The van der Waals surface area contributed by atoms with Gasteiger partial charge < -0.3 is 24.4 Å². The Bertz CT molecular complexity index is 1180. The van der Waals surface area contributed by atoms with Gasteiger partial charge >= 0.3 is 0 Å². The summed E-state index contributed by atoms with van der Waals surface area (Å²) in [6.07, 6.45) is 5.02. The Morgan fingerprint density at radius 3 is 2.47 bits per heavy atom. The lowest BCUT2D eigenvalue weighted by Crippen LogP contribution is -2.22. The van der Waals surface area contributed by atoms with Crippen molar-refractivity contribution in [3.05, 3.63) is 102 Å². The number of nitrogens with one attached hydrogen (secondary N) is 2. The Morgan fingerprint density at radius 2 is 1.81 bits per heavy atom. The van der Waals surface area contributed by atoms with Crippen molar-refractivity contribution in [2.75, 3.05) is 5.32 Å². The first-order chi connectivity index (χ1) is 15.6. The monoisotopic (exact) mass is 430 g/mol. The molecule has 0 spiro atoms. The molecular weight excluding hydrogens is 408 g/mol. The average molecular weight is 430 g/mol. The predicted octanol–water partition coefficient (Wildman–Crippen LogP) is 3.77. The van der Waals surface area contributed by atoms with E-state index in [1.165, 1.54) is 6.26 Å². The molecule has 4 rings (SSSR count). The number of hydrogen-bond donors (Lipinski definition) is 2. The van der Waals surface area contributed by atoms with Crippen molar-refractivity contribution in [3.63, 3.8) is 0 Å². The number of aromatic nitrogens is 2. The maximum absolute atomic E-state index is 12.4. The van der Waals surface area contributed by atoms with E-state index >= 15 is 0 Å². The zero-order valence-electron chi connectivity index (χ0n) is 17.4. The number of furan rings is 1. The number of nitrogens with zero attached hydrogens (tertiary/aromatic N) is 2. The number of amides is 2. The highest BCUT2D eigenvalue weighted by Gasteiger charge is 2.09. The van der Waals surface area contributed by atoms with Crippen LogP contribution in [0.5, 0.6) is 5.75 Å². The van der Waals surface area contributed by atoms with Gasteiger partial charge in [-0.1, -0.05) is 12.1 Å². The summed E-state index contributed by atoms with van der Waals surface area (Å²) in [6, 6.07) is 17.4. The number of carbonyl (C=O) groups is 2. The van der Waals surface area contributed by atoms with E-state index in [0.717, 1.165) is 11.4 Å². The Morgan fingerprint density at radius 1 is 1.03 bits per heavy atom. The van der Waals surface area contributed by atoms with Crippen LogP contribution in [0, 0.1) is 0 Å². The molecule has 0 radical (unpaired) electrons. The van der Waals surface area contributed by atoms with Gasteiger partial charge in [-0.15, -0.1) is 0 Å². The van der Waals surface area contributed by atoms with Crippen LogP contribution in [0.15, 0.2) is 83.7 Å². The highest BCUT2D eigenvalue weighted by Crippen LogP contribution is 2.15. The molecule has 2 N–H and O–H groups in total. The Hall–Kier alpha value is -4.33. The lowest BCUT2D eigenvalue weighted by molar-refractivity contribution is 0.0949. The molecule has 0 aliphatic rings. The summed E-state index contributed by atoms with van der Waals surface area (Å²) >= 11 is 0. The van der Waals surface area contributed by atoms with Crippen molar-refractivity contribution < 1.29 is 18.7 Å². The number of hydrogen-bond acceptors (Lipinski definition) is 5. The lowest BCUT2D eigenvalue weighted by Gasteiger charge is -2.09. The summed E-state index contributed by atoms with van der Waals surface area (Å²) in [5.41, 5.74) is 2.09. The van der Waals surface area contributed by atoms with E-state index in [4.69, 9.17) is 9.15 Å². The van der Waals surface area contributed by atoms with Gasteiger partial charge in [0.25, 0.3) is 11.8 Å². The minimum Gasteiger partial charge on any atom is -0.486 e. The smallest absolute Gasteiger partial charge is 0.291 e. The second kappa shape index (κ2) is 9.65. The third-order valence-electron chi connectivity index (χ3n) is 4.82. The summed E-state index contributed by atoms with van der Waals surface area (Å²) in [5.74, 6) is 1.23. The van der Waals surface area contributed by atoms with Gasteiger partial charge in [0.05, 0.1) is 6.26 Å². The standard InChI is InChI=1S/C24H22N4O4/c1-28-13-12-25-22(28)16-32-20-10-6-18(7-11-20)23(29)26-15-17-4-8-19(9-5-17)27-24(30)21-3-2-14-31-21/h2-14H,15-16H2,1H3,(H,26,29)(H,27,30). The van der Waals surface area contributed by atoms with Gasteiger partial charge in [0.2, 0.25) is 0 Å². The van der Waals surface area contributed by atoms with Crippen molar-refractivity contribution in [1.29, 1.82) is 0 Å². The molecule has 0 unspecified atom stereocenters. The molecule has 2 heterocycles. The fourth-order valence-electron chi connectivity index (χ4n) is 2.98. The molecule has 32 heavy (non-hydrogen) atoms. The first-order valence-corrected chi connectivity index (χ1v) is 9.99. The first kappa shape index (κ1) is 20.9. The van der Waals surface area contributed by atoms with E-state index in [0.29, 0.717) is 30.2 Å². The van der Waals surface area contributed by atoms with Crippen LogP contribution >= 0.6 is 0 Å². The van der Waals surface area contributed by atoms with Crippen molar-refractivity contribution in [1.82, 2.24) is 14.9 Å². The van der Waals surface area contributed by atoms with Gasteiger partial charge in [0.15, 0.2) is 5.76 Å². The van der Waals surface area contributed by atoms with Crippen LogP contribution in [-0.2, 0) is 20.2 Å². The van der Waals surface area contributed by atoms with Crippen molar-refractivity contribution in [2.24, 2.45) is 7.05 Å². The first-order valence-electron chi connectivity index (χ1n) is 9.99. The van der Waals surface area contributed by atoms with E-state index in [-0.39, 0.29) is 17.6 Å². The van der Waals surface area contributed by atoms with Crippen LogP contribution in [0.1, 0.15) is 32.3 Å². The van der Waals surface area contributed by atoms with Crippen molar-refractivity contribution >= 4 is 17.5 Å². The normalized spacial score (nSPS) is 10.5. The minimum atomic E-state index is -0.316. The number of anilines is 1. The van der Waals surface area contributed by atoms with E-state index in [1.54, 1.807) is 54.7 Å². The topological polar surface area (TPSA) is 98.4 Å². The van der Waals surface area contributed by atoms with Gasteiger partial charge in [-0.3, -0.25) is 9.59 Å². The second-order valence-electron chi connectivity index (χ2n) is 7.08. The van der Waals surface area contributed by atoms with Crippen LogP contribution in [0.2, 0.25) is 0 Å². The number of aryl methyl sites for hydroxylation is 1. The van der Waals surface area contributed by atoms with Crippen LogP contribution in [0.25, 0.3) is 0 Å². The minimum absolute atomic E-state index is 0.184. The third-order valence-corrected chi connectivity index (χ3v) is 4.82. The Balaban J connectivity index is 1.26. The molecule has 8 nitrogen and oxygen atoms in total. The van der Waals surface area contributed by atoms with Gasteiger partial charge in [0, 0.05) is 37.2 Å². The summed E-state index contributed by atoms with van der Waals surface area (Å²) in [7, 11) is 1.91. The van der Waals surface area contributed by atoms with Gasteiger partial charge in [-0.25, -0.2) is 4.98 Å². The molecule has 0 aliphatic heterocycles. The maximum Gasteiger partial charge on any atom is 0.291 e. The average Bonchev–Trinajstić information content (AvgIpc) is 3.49. The molecule has 0 atom stereocenters. The molecule has 2 aromatic carbocycles. The number of rotatable bonds is 8. The molecule has 2 aromatic heterocycles. The molecule has 4 aromatic rings. The Labute approximate surface area is 184 Å². The third kappa shape index (κ3) is 5.23. The second-order valence-corrected chi connectivity index (χ2v) is 7.08. The van der Waals surface area contributed by atoms with Crippen molar-refractivity contribution in [3.8, 4) is 5.75 Å². The van der Waals surface area contributed by atoms with Crippen LogP contribution in [0.3, 0.4) is 0 Å². The van der Waals surface area contributed by atoms with Crippen LogP contribution in [-0.4, -0.2) is 21.4 Å². The molecule has 162 valence electrons. The summed E-state index contributed by atoms with van der Waals surface area (Å²) in [5, 5.41) is 5.64. The number of carbonyl (C=O) groups excluding carboxylic acids is 2. The predicted molar refractivity (Wildman–Crippen MR) is 118 cm³/mol. The zero-order chi connectivity index (χ0) is 22.3. The fraction of sp³-hybridized carbons (Fsp3) is 0.125. The molecular formula is C24H22N4O4. The molecule has 0 saturated carbocycles. The van der Waals surface area contributed by atoms with Gasteiger partial charge in [-0.05, 0) is 54.1 Å². The largest absolute Gasteiger partial charge is 0.486 e. The molecule has 0 bridgehead atoms. The SMILES string of the molecule is Cn1ccnc1COc1ccc(C(=O)NCc2ccc(NC(=O)c3ccco3)cc2)cc1. The van der Waals surface area contributed by atoms with E-state index < -0.39 is 0 Å². The summed E-state index contributed by atoms with van der Waals surface area (Å²) < 4.78 is 12.7. The fourth-order valence-corrected chi connectivity index (χ4v) is 2.98. The molecule has 8 heteroatoms. The van der Waals surface area contributed by atoms with Crippen LogP contribution in [0.4, 0.5) is 5.69 Å². The highest BCUT2D eigenvalue weighted by atomic mass is 16.5. The molecule has 0 aliphatic carbocycles. The number of ether oxygens (including phenoxy) is 1. The number of benzene rings is 2. The lowest BCUT2D eigenvalue weighted by atomic mass is 10.1. The van der Waals surface area contributed by atoms with E-state index in [1.807, 2.05) is 29.9 Å². The maximum atomic E-state index is 12.4. The Kier molecular flexibility index (Phi) is 6.31. The summed E-state index contributed by atoms with van der Waals surface area (Å²) in [6.45, 7) is 0.718. The van der Waals surface area contributed by atoms with Gasteiger partial charge in [-0.2, -0.15) is 0 Å². The molecule has 2 amide bonds. The quantitative estimate of drug-likeness (QED) is 0.443. The van der Waals surface area contributed by atoms with Crippen LogP contribution < -0.4 is 15.4 Å². The van der Waals surface area contributed by atoms with Gasteiger partial charge in [0.1, 0.15) is 18.2 Å². The highest BCUT2D eigenvalue weighted by molar-refractivity contribution is 6.02. The van der Waals surface area contributed by atoms with E-state index in [2.05, 4.69) is 15.6 Å². The molecule has 0 saturated heterocycles. The summed E-state index contributed by atoms with van der Waals surface area (Å²) in [4.78, 5) is 28.6. The molecule has 0 fully saturated rings. The number of imidazole rings is 1. The van der Waals surface area contributed by atoms with Crippen molar-refractivity contribution in [2.45, 2.75) is 13.2 Å². The zero-order valence-corrected chi connectivity index (χ0v) is 17.4.